The monoisotopic (exact) mass is 340 g/mol. The van der Waals surface area contributed by atoms with Crippen LogP contribution in [0.4, 0.5) is 15.9 Å². The normalized spacial score (nSPS) is 11.2. The third-order valence-corrected chi connectivity index (χ3v) is 4.27. The van der Waals surface area contributed by atoms with E-state index >= 15 is 0 Å². The van der Waals surface area contributed by atoms with Crippen LogP contribution >= 0.6 is 0 Å². The third kappa shape index (κ3) is 4.44. The lowest BCUT2D eigenvalue weighted by Gasteiger charge is -2.08. The molecule has 0 aliphatic rings. The Labute approximate surface area is 131 Å². The molecular formula is C13H13FN4O4S. The van der Waals surface area contributed by atoms with Crippen LogP contribution in [0, 0.1) is 15.9 Å². The van der Waals surface area contributed by atoms with E-state index in [2.05, 4.69) is 15.0 Å². The van der Waals surface area contributed by atoms with Crippen LogP contribution in [0.1, 0.15) is 0 Å². The largest absolute Gasteiger partial charge is 0.366 e. The van der Waals surface area contributed by atoms with Crippen LogP contribution in [0.5, 0.6) is 0 Å². The number of sulfonamides is 1. The average Bonchev–Trinajstić information content (AvgIpc) is 2.53. The van der Waals surface area contributed by atoms with E-state index in [1.807, 2.05) is 0 Å². The first kappa shape index (κ1) is 16.8. The summed E-state index contributed by atoms with van der Waals surface area (Å²) in [5.41, 5.74) is -0.318. The number of nitrogens with one attached hydrogen (secondary N) is 2. The highest BCUT2D eigenvalue weighted by Gasteiger charge is 2.17. The molecule has 1 aromatic heterocycles. The summed E-state index contributed by atoms with van der Waals surface area (Å²) in [6.45, 7) is 0.0587. The van der Waals surface area contributed by atoms with Gasteiger partial charge >= 0.3 is 0 Å². The molecule has 0 amide bonds. The SMILES string of the molecule is O=[N+]([O-])c1cccc(S(=O)(=O)NCCNc2ncccc2F)c1. The molecule has 1 aromatic carbocycles. The number of pyridine rings is 1. The van der Waals surface area contributed by atoms with Gasteiger partial charge < -0.3 is 5.32 Å². The number of nitrogens with zero attached hydrogens (tertiary/aromatic N) is 2. The molecule has 122 valence electrons. The Morgan fingerprint density at radius 3 is 2.70 bits per heavy atom. The van der Waals surface area contributed by atoms with Crippen molar-refractivity contribution >= 4 is 21.5 Å². The van der Waals surface area contributed by atoms with Gasteiger partial charge in [0.05, 0.1) is 9.82 Å². The molecule has 0 atom stereocenters. The van der Waals surface area contributed by atoms with E-state index in [1.54, 1.807) is 0 Å². The molecule has 8 nitrogen and oxygen atoms in total. The van der Waals surface area contributed by atoms with Gasteiger partial charge in [-0.05, 0) is 18.2 Å². The standard InChI is InChI=1S/C13H13FN4O4S/c14-12-5-2-6-15-13(12)16-7-8-17-23(21,22)11-4-1-3-10(9-11)18(19)20/h1-6,9,17H,7-8H2,(H,15,16). The molecule has 1 heterocycles. The zero-order chi connectivity index (χ0) is 16.9. The Hall–Kier alpha value is -2.59. The maximum absolute atomic E-state index is 13.3. The first-order valence-electron chi connectivity index (χ1n) is 6.48. The van der Waals surface area contributed by atoms with Gasteiger partial charge in [-0.3, -0.25) is 10.1 Å². The highest BCUT2D eigenvalue weighted by molar-refractivity contribution is 7.89. The van der Waals surface area contributed by atoms with E-state index in [-0.39, 0.29) is 29.5 Å². The van der Waals surface area contributed by atoms with Gasteiger partial charge in [0.25, 0.3) is 5.69 Å². The van der Waals surface area contributed by atoms with Crippen molar-refractivity contribution in [2.24, 2.45) is 0 Å². The van der Waals surface area contributed by atoms with Gasteiger partial charge in [0.2, 0.25) is 10.0 Å². The molecule has 0 aliphatic carbocycles. The van der Waals surface area contributed by atoms with Gasteiger partial charge in [0.1, 0.15) is 0 Å². The summed E-state index contributed by atoms with van der Waals surface area (Å²) in [4.78, 5) is 13.5. The number of hydrogen-bond acceptors (Lipinski definition) is 6. The van der Waals surface area contributed by atoms with Gasteiger partial charge in [-0.2, -0.15) is 0 Å². The predicted molar refractivity (Wildman–Crippen MR) is 81.0 cm³/mol. The lowest BCUT2D eigenvalue weighted by atomic mass is 10.3. The third-order valence-electron chi connectivity index (χ3n) is 2.81. The zero-order valence-electron chi connectivity index (χ0n) is 11.8. The molecular weight excluding hydrogens is 327 g/mol. The second-order valence-corrected chi connectivity index (χ2v) is 6.18. The van der Waals surface area contributed by atoms with Crippen molar-refractivity contribution in [3.05, 3.63) is 58.5 Å². The maximum Gasteiger partial charge on any atom is 0.270 e. The molecule has 0 saturated heterocycles. The zero-order valence-corrected chi connectivity index (χ0v) is 12.6. The molecule has 2 rings (SSSR count). The summed E-state index contributed by atoms with van der Waals surface area (Å²) in [7, 11) is -3.89. The van der Waals surface area contributed by atoms with E-state index in [4.69, 9.17) is 0 Å². The fourth-order valence-electron chi connectivity index (χ4n) is 1.73. The first-order chi connectivity index (χ1) is 10.9. The predicted octanol–water partition coefficient (Wildman–Crippen LogP) is 1.52. The number of halogens is 1. The molecule has 0 unspecified atom stereocenters. The Morgan fingerprint density at radius 1 is 1.22 bits per heavy atom. The Morgan fingerprint density at radius 2 is 2.00 bits per heavy atom. The highest BCUT2D eigenvalue weighted by Crippen LogP contribution is 2.17. The molecule has 0 spiro atoms. The number of nitro benzene ring substituents is 1. The van der Waals surface area contributed by atoms with Crippen LogP contribution in [-0.2, 0) is 10.0 Å². The van der Waals surface area contributed by atoms with Crippen molar-refractivity contribution in [3.8, 4) is 0 Å². The summed E-state index contributed by atoms with van der Waals surface area (Å²) < 4.78 is 39.6. The van der Waals surface area contributed by atoms with Crippen LogP contribution in [0.3, 0.4) is 0 Å². The van der Waals surface area contributed by atoms with E-state index in [0.717, 1.165) is 6.07 Å². The van der Waals surface area contributed by atoms with Crippen molar-refractivity contribution in [2.45, 2.75) is 4.90 Å². The molecule has 2 N–H and O–H groups in total. The molecule has 0 bridgehead atoms. The van der Waals surface area contributed by atoms with E-state index in [1.165, 1.54) is 36.5 Å². The lowest BCUT2D eigenvalue weighted by Crippen LogP contribution is -2.29. The molecule has 0 saturated carbocycles. The maximum atomic E-state index is 13.3. The average molecular weight is 340 g/mol. The van der Waals surface area contributed by atoms with Gasteiger partial charge in [-0.25, -0.2) is 22.5 Å². The summed E-state index contributed by atoms with van der Waals surface area (Å²) in [5, 5.41) is 13.3. The fourth-order valence-corrected chi connectivity index (χ4v) is 2.80. The van der Waals surface area contributed by atoms with Gasteiger partial charge in [-0.15, -0.1) is 0 Å². The van der Waals surface area contributed by atoms with Gasteiger partial charge in [0, 0.05) is 31.4 Å². The first-order valence-corrected chi connectivity index (χ1v) is 7.97. The number of non-ortho nitro benzene ring substituents is 1. The molecule has 10 heteroatoms. The summed E-state index contributed by atoms with van der Waals surface area (Å²) >= 11 is 0. The quantitative estimate of drug-likeness (QED) is 0.449. The summed E-state index contributed by atoms with van der Waals surface area (Å²) in [5.74, 6) is -0.531. The minimum Gasteiger partial charge on any atom is -0.366 e. The molecule has 0 fully saturated rings. The summed E-state index contributed by atoms with van der Waals surface area (Å²) in [6, 6.07) is 7.36. The van der Waals surface area contributed by atoms with Crippen molar-refractivity contribution in [3.63, 3.8) is 0 Å². The van der Waals surface area contributed by atoms with Crippen molar-refractivity contribution in [1.82, 2.24) is 9.71 Å². The number of benzene rings is 1. The van der Waals surface area contributed by atoms with Gasteiger partial charge in [-0.1, -0.05) is 6.07 Å². The minimum atomic E-state index is -3.89. The van der Waals surface area contributed by atoms with Crippen LogP contribution < -0.4 is 10.0 Å². The fraction of sp³-hybridized carbons (Fsp3) is 0.154. The Balaban J connectivity index is 1.95. The van der Waals surface area contributed by atoms with E-state index < -0.39 is 20.8 Å². The second kappa shape index (κ2) is 7.11. The van der Waals surface area contributed by atoms with Crippen molar-refractivity contribution in [1.29, 1.82) is 0 Å². The number of rotatable bonds is 7. The van der Waals surface area contributed by atoms with Crippen molar-refractivity contribution < 1.29 is 17.7 Å². The Bertz CT molecular complexity index is 813. The molecule has 23 heavy (non-hydrogen) atoms. The number of hydrogen-bond donors (Lipinski definition) is 2. The lowest BCUT2D eigenvalue weighted by molar-refractivity contribution is -0.385. The van der Waals surface area contributed by atoms with Crippen LogP contribution in [0.2, 0.25) is 0 Å². The second-order valence-electron chi connectivity index (χ2n) is 4.41. The van der Waals surface area contributed by atoms with Crippen molar-refractivity contribution in [2.75, 3.05) is 18.4 Å². The van der Waals surface area contributed by atoms with E-state index in [9.17, 15) is 22.9 Å². The smallest absolute Gasteiger partial charge is 0.270 e. The Kier molecular flexibility index (Phi) is 5.19. The van der Waals surface area contributed by atoms with Gasteiger partial charge in [0.15, 0.2) is 11.6 Å². The summed E-state index contributed by atoms with van der Waals surface area (Å²) in [6.07, 6.45) is 1.40. The van der Waals surface area contributed by atoms with Crippen LogP contribution in [0.25, 0.3) is 0 Å². The van der Waals surface area contributed by atoms with Crippen LogP contribution in [0.15, 0.2) is 47.5 Å². The molecule has 2 aromatic rings. The number of nitro groups is 1. The minimum absolute atomic E-state index is 0.0158. The van der Waals surface area contributed by atoms with E-state index in [0.29, 0.717) is 0 Å². The van der Waals surface area contributed by atoms with Crippen LogP contribution in [-0.4, -0.2) is 31.4 Å². The molecule has 0 aliphatic heterocycles. The number of aromatic nitrogens is 1. The topological polar surface area (TPSA) is 114 Å². The number of anilines is 1. The highest BCUT2D eigenvalue weighted by atomic mass is 32.2. The molecule has 0 radical (unpaired) electrons.